The van der Waals surface area contributed by atoms with Gasteiger partial charge in [0.05, 0.1) is 5.69 Å². The summed E-state index contributed by atoms with van der Waals surface area (Å²) in [5.74, 6) is 1.45. The number of nitrogens with zero attached hydrogens (tertiary/aromatic N) is 2. The second kappa shape index (κ2) is 7.24. The van der Waals surface area contributed by atoms with E-state index in [1.807, 2.05) is 18.2 Å². The number of rotatable bonds is 5. The summed E-state index contributed by atoms with van der Waals surface area (Å²) in [5, 5.41) is 7.13. The van der Waals surface area contributed by atoms with E-state index in [1.165, 1.54) is 6.33 Å². The molecule has 7 heteroatoms. The van der Waals surface area contributed by atoms with Gasteiger partial charge in [-0.15, -0.1) is 0 Å². The number of anilines is 3. The Balaban J connectivity index is 2.27. The molecule has 0 bridgehead atoms. The zero-order valence-electron chi connectivity index (χ0n) is 10.8. The second-order valence-corrected chi connectivity index (χ2v) is 6.14. The summed E-state index contributed by atoms with van der Waals surface area (Å²) < 4.78 is 1.70. The zero-order valence-corrected chi connectivity index (χ0v) is 14.7. The van der Waals surface area contributed by atoms with E-state index >= 15 is 0 Å². The number of benzene rings is 1. The molecule has 2 rings (SSSR count). The van der Waals surface area contributed by atoms with Gasteiger partial charge in [-0.25, -0.2) is 9.97 Å². The van der Waals surface area contributed by atoms with Crippen molar-refractivity contribution in [2.24, 2.45) is 0 Å². The lowest BCUT2D eigenvalue weighted by molar-refractivity contribution is 0.962. The van der Waals surface area contributed by atoms with Crippen LogP contribution in [0, 0.1) is 0 Å². The molecule has 1 heterocycles. The fourth-order valence-corrected chi connectivity index (χ4v) is 2.51. The van der Waals surface area contributed by atoms with E-state index < -0.39 is 0 Å². The molecule has 0 aliphatic heterocycles. The van der Waals surface area contributed by atoms with Crippen LogP contribution in [0.1, 0.15) is 13.3 Å². The van der Waals surface area contributed by atoms with E-state index in [0.717, 1.165) is 33.4 Å². The van der Waals surface area contributed by atoms with Crippen molar-refractivity contribution in [3.8, 4) is 0 Å². The molecule has 0 spiro atoms. The van der Waals surface area contributed by atoms with Gasteiger partial charge >= 0.3 is 0 Å². The average molecular weight is 421 g/mol. The summed E-state index contributed by atoms with van der Waals surface area (Å²) in [7, 11) is 0. The standard InChI is InChI=1S/C13H13Br2ClN4/c1-2-5-17-12-11(15)13(19-7-18-12)20-10-6-8(16)3-4-9(10)14/h3-4,6-7H,2,5H2,1H3,(H2,17,18,19,20). The van der Waals surface area contributed by atoms with Gasteiger partial charge in [0.1, 0.15) is 22.4 Å². The van der Waals surface area contributed by atoms with Crippen LogP contribution < -0.4 is 10.6 Å². The number of aromatic nitrogens is 2. The molecule has 0 fully saturated rings. The van der Waals surface area contributed by atoms with Gasteiger partial charge < -0.3 is 10.6 Å². The molecule has 0 aliphatic rings. The van der Waals surface area contributed by atoms with Crippen molar-refractivity contribution in [1.29, 1.82) is 0 Å². The summed E-state index contributed by atoms with van der Waals surface area (Å²) in [4.78, 5) is 8.45. The first-order valence-electron chi connectivity index (χ1n) is 6.08. The molecule has 0 aliphatic carbocycles. The van der Waals surface area contributed by atoms with Crippen LogP contribution in [0.2, 0.25) is 5.02 Å². The minimum absolute atomic E-state index is 0.658. The van der Waals surface area contributed by atoms with Crippen molar-refractivity contribution >= 4 is 60.8 Å². The van der Waals surface area contributed by atoms with Gasteiger partial charge in [-0.1, -0.05) is 18.5 Å². The van der Waals surface area contributed by atoms with Crippen LogP contribution in [-0.2, 0) is 0 Å². The van der Waals surface area contributed by atoms with Gasteiger partial charge in [-0.05, 0) is 56.5 Å². The molecular weight excluding hydrogens is 407 g/mol. The third kappa shape index (κ3) is 3.84. The molecule has 0 amide bonds. The molecule has 2 N–H and O–H groups in total. The Morgan fingerprint density at radius 3 is 2.70 bits per heavy atom. The van der Waals surface area contributed by atoms with Gasteiger partial charge in [-0.2, -0.15) is 0 Å². The number of hydrogen-bond donors (Lipinski definition) is 2. The van der Waals surface area contributed by atoms with Gasteiger partial charge in [-0.3, -0.25) is 0 Å². The molecule has 4 nitrogen and oxygen atoms in total. The largest absolute Gasteiger partial charge is 0.369 e. The van der Waals surface area contributed by atoms with E-state index in [1.54, 1.807) is 0 Å². The third-order valence-electron chi connectivity index (χ3n) is 2.51. The summed E-state index contributed by atoms with van der Waals surface area (Å²) in [6.45, 7) is 2.96. The average Bonchev–Trinajstić information content (AvgIpc) is 2.44. The van der Waals surface area contributed by atoms with E-state index in [0.29, 0.717) is 10.8 Å². The molecule has 106 valence electrons. The molecule has 0 saturated heterocycles. The summed E-state index contributed by atoms with van der Waals surface area (Å²) in [6, 6.07) is 5.54. The normalized spacial score (nSPS) is 10.4. The lowest BCUT2D eigenvalue weighted by atomic mass is 10.3. The van der Waals surface area contributed by atoms with Crippen molar-refractivity contribution < 1.29 is 0 Å². The third-order valence-corrected chi connectivity index (χ3v) is 4.19. The van der Waals surface area contributed by atoms with Crippen LogP contribution in [0.25, 0.3) is 0 Å². The summed E-state index contributed by atoms with van der Waals surface area (Å²) in [6.07, 6.45) is 2.54. The van der Waals surface area contributed by atoms with Crippen LogP contribution in [0.4, 0.5) is 17.3 Å². The van der Waals surface area contributed by atoms with E-state index in [9.17, 15) is 0 Å². The molecule has 20 heavy (non-hydrogen) atoms. The van der Waals surface area contributed by atoms with E-state index in [-0.39, 0.29) is 0 Å². The fraction of sp³-hybridized carbons (Fsp3) is 0.231. The molecule has 0 saturated carbocycles. The number of hydrogen-bond acceptors (Lipinski definition) is 4. The highest BCUT2D eigenvalue weighted by Crippen LogP contribution is 2.33. The Morgan fingerprint density at radius 2 is 1.95 bits per heavy atom. The molecule has 0 atom stereocenters. The minimum atomic E-state index is 0.658. The first-order chi connectivity index (χ1) is 9.61. The first-order valence-corrected chi connectivity index (χ1v) is 8.04. The predicted molar refractivity (Wildman–Crippen MR) is 90.9 cm³/mol. The van der Waals surface area contributed by atoms with Crippen LogP contribution in [-0.4, -0.2) is 16.5 Å². The van der Waals surface area contributed by atoms with Crippen molar-refractivity contribution in [3.63, 3.8) is 0 Å². The number of nitrogens with one attached hydrogen (secondary N) is 2. The topological polar surface area (TPSA) is 49.8 Å². The number of halogens is 3. The van der Waals surface area contributed by atoms with E-state index in [4.69, 9.17) is 11.6 Å². The van der Waals surface area contributed by atoms with Crippen molar-refractivity contribution in [1.82, 2.24) is 9.97 Å². The summed E-state index contributed by atoms with van der Waals surface area (Å²) >= 11 is 13.0. The smallest absolute Gasteiger partial charge is 0.150 e. The van der Waals surface area contributed by atoms with Crippen LogP contribution >= 0.6 is 43.5 Å². The second-order valence-electron chi connectivity index (χ2n) is 4.06. The lowest BCUT2D eigenvalue weighted by Gasteiger charge is -2.12. The predicted octanol–water partition coefficient (Wildman–Crippen LogP) is 5.22. The van der Waals surface area contributed by atoms with Gasteiger partial charge in [0.15, 0.2) is 0 Å². The highest BCUT2D eigenvalue weighted by Gasteiger charge is 2.10. The lowest BCUT2D eigenvalue weighted by Crippen LogP contribution is -2.05. The van der Waals surface area contributed by atoms with Gasteiger partial charge in [0.25, 0.3) is 0 Å². The Hall–Kier alpha value is -0.850. The van der Waals surface area contributed by atoms with Crippen molar-refractivity contribution in [2.45, 2.75) is 13.3 Å². The Kier molecular flexibility index (Phi) is 5.63. The SMILES string of the molecule is CCCNc1ncnc(Nc2cc(Cl)ccc2Br)c1Br. The molecular formula is C13H13Br2ClN4. The quantitative estimate of drug-likeness (QED) is 0.696. The molecule has 1 aromatic carbocycles. The maximum Gasteiger partial charge on any atom is 0.150 e. The van der Waals surface area contributed by atoms with Crippen LogP contribution in [0.5, 0.6) is 0 Å². The molecule has 2 aromatic rings. The van der Waals surface area contributed by atoms with Gasteiger partial charge in [0, 0.05) is 16.0 Å². The summed E-state index contributed by atoms with van der Waals surface area (Å²) in [5.41, 5.74) is 0.846. The molecule has 0 radical (unpaired) electrons. The Bertz CT molecular complexity index is 607. The maximum atomic E-state index is 6.00. The Labute approximate surface area is 139 Å². The minimum Gasteiger partial charge on any atom is -0.369 e. The highest BCUT2D eigenvalue weighted by molar-refractivity contribution is 9.11. The highest BCUT2D eigenvalue weighted by atomic mass is 79.9. The molecule has 0 unspecified atom stereocenters. The molecule has 1 aromatic heterocycles. The van der Waals surface area contributed by atoms with Crippen molar-refractivity contribution in [3.05, 3.63) is 38.5 Å². The maximum absolute atomic E-state index is 6.00. The van der Waals surface area contributed by atoms with Gasteiger partial charge in [0.2, 0.25) is 0 Å². The zero-order chi connectivity index (χ0) is 14.5. The first kappa shape index (κ1) is 15.5. The van der Waals surface area contributed by atoms with Crippen LogP contribution in [0.3, 0.4) is 0 Å². The Morgan fingerprint density at radius 1 is 1.20 bits per heavy atom. The van der Waals surface area contributed by atoms with Crippen molar-refractivity contribution in [2.75, 3.05) is 17.2 Å². The monoisotopic (exact) mass is 418 g/mol. The van der Waals surface area contributed by atoms with E-state index in [2.05, 4.69) is 59.4 Å². The van der Waals surface area contributed by atoms with Crippen LogP contribution in [0.15, 0.2) is 33.5 Å². The fourth-order valence-electron chi connectivity index (χ4n) is 1.54.